The second kappa shape index (κ2) is 7.15. The number of nitro groups is 1. The van der Waals surface area contributed by atoms with Crippen LogP contribution in [0.3, 0.4) is 0 Å². The number of nitrogens with zero attached hydrogens (tertiary/aromatic N) is 1. The van der Waals surface area contributed by atoms with Gasteiger partial charge in [0.05, 0.1) is 18.0 Å². The van der Waals surface area contributed by atoms with Crippen LogP contribution in [0.4, 0.5) is 5.69 Å². The number of ether oxygens (including phenoxy) is 1. The molecule has 0 aliphatic heterocycles. The van der Waals surface area contributed by atoms with Gasteiger partial charge in [0.1, 0.15) is 5.78 Å². The molecule has 0 aromatic heterocycles. The number of ketones is 1. The van der Waals surface area contributed by atoms with Crippen molar-refractivity contribution in [2.24, 2.45) is 11.8 Å². The molecule has 0 bridgehead atoms. The number of Topliss-reactive ketones (excluding diaryl/α,β-unsaturated/α-hetero) is 1. The summed E-state index contributed by atoms with van der Waals surface area (Å²) in [4.78, 5) is 35.0. The van der Waals surface area contributed by atoms with Crippen LogP contribution in [0.2, 0.25) is 0 Å². The molecule has 2 atom stereocenters. The Balaban J connectivity index is 2.32. The van der Waals surface area contributed by atoms with E-state index in [0.717, 1.165) is 12.8 Å². The van der Waals surface area contributed by atoms with Crippen LogP contribution in [0.1, 0.15) is 31.2 Å². The topological polar surface area (TPSA) is 86.5 Å². The van der Waals surface area contributed by atoms with E-state index >= 15 is 0 Å². The van der Waals surface area contributed by atoms with E-state index in [-0.39, 0.29) is 17.9 Å². The lowest BCUT2D eigenvalue weighted by Crippen LogP contribution is -2.31. The van der Waals surface area contributed by atoms with Crippen molar-refractivity contribution in [1.29, 1.82) is 0 Å². The van der Waals surface area contributed by atoms with Gasteiger partial charge in [-0.15, -0.1) is 0 Å². The van der Waals surface area contributed by atoms with Gasteiger partial charge in [0.2, 0.25) is 0 Å². The van der Waals surface area contributed by atoms with Crippen LogP contribution in [0.25, 0.3) is 0 Å². The molecule has 1 aliphatic rings. The number of benzene rings is 1. The molecule has 0 spiro atoms. The van der Waals surface area contributed by atoms with E-state index in [0.29, 0.717) is 18.4 Å². The Morgan fingerprint density at radius 1 is 1.36 bits per heavy atom. The van der Waals surface area contributed by atoms with Gasteiger partial charge in [-0.05, 0) is 19.3 Å². The minimum Gasteiger partial charge on any atom is -0.469 e. The van der Waals surface area contributed by atoms with Gasteiger partial charge < -0.3 is 4.74 Å². The summed E-state index contributed by atoms with van der Waals surface area (Å²) >= 11 is 0. The van der Waals surface area contributed by atoms with Crippen molar-refractivity contribution < 1.29 is 19.2 Å². The average molecular weight is 305 g/mol. The number of carbonyl (C=O) groups is 2. The van der Waals surface area contributed by atoms with Crippen LogP contribution in [-0.2, 0) is 20.7 Å². The lowest BCUT2D eigenvalue weighted by Gasteiger charge is -2.21. The first kappa shape index (κ1) is 16.1. The molecule has 1 fully saturated rings. The SMILES string of the molecule is COC(=O)C1CCCCC(=O)C1Cc1ccccc1[N+](=O)[O-]. The number of rotatable bonds is 4. The fourth-order valence-electron chi connectivity index (χ4n) is 3.06. The number of para-hydroxylation sites is 1. The third-order valence-corrected chi connectivity index (χ3v) is 4.22. The molecule has 22 heavy (non-hydrogen) atoms. The van der Waals surface area contributed by atoms with Crippen LogP contribution in [0, 0.1) is 22.0 Å². The highest BCUT2D eigenvalue weighted by molar-refractivity contribution is 5.87. The number of hydrogen-bond donors (Lipinski definition) is 0. The highest BCUT2D eigenvalue weighted by Gasteiger charge is 2.36. The number of hydrogen-bond acceptors (Lipinski definition) is 5. The van der Waals surface area contributed by atoms with Gasteiger partial charge in [-0.1, -0.05) is 24.6 Å². The molecular weight excluding hydrogens is 286 g/mol. The summed E-state index contributed by atoms with van der Waals surface area (Å²) < 4.78 is 4.81. The molecule has 1 aliphatic carbocycles. The Bertz CT molecular complexity index is 584. The van der Waals surface area contributed by atoms with Crippen molar-refractivity contribution in [2.75, 3.05) is 7.11 Å². The Hall–Kier alpha value is -2.24. The largest absolute Gasteiger partial charge is 0.469 e. The maximum absolute atomic E-state index is 12.4. The van der Waals surface area contributed by atoms with Crippen LogP contribution in [-0.4, -0.2) is 23.8 Å². The fourth-order valence-corrected chi connectivity index (χ4v) is 3.06. The molecule has 0 radical (unpaired) electrons. The molecule has 0 N–H and O–H groups in total. The molecule has 6 nitrogen and oxygen atoms in total. The quantitative estimate of drug-likeness (QED) is 0.369. The second-order valence-electron chi connectivity index (χ2n) is 5.54. The molecule has 2 rings (SSSR count). The van der Waals surface area contributed by atoms with E-state index in [2.05, 4.69) is 0 Å². The van der Waals surface area contributed by atoms with Gasteiger partial charge in [0, 0.05) is 24.0 Å². The number of carbonyl (C=O) groups excluding carboxylic acids is 2. The summed E-state index contributed by atoms with van der Waals surface area (Å²) in [6.45, 7) is 0. The summed E-state index contributed by atoms with van der Waals surface area (Å²) in [6, 6.07) is 6.36. The molecule has 1 aromatic carbocycles. The van der Waals surface area contributed by atoms with Crippen LogP contribution < -0.4 is 0 Å². The van der Waals surface area contributed by atoms with E-state index in [1.54, 1.807) is 18.2 Å². The first-order valence-corrected chi connectivity index (χ1v) is 7.37. The first-order valence-electron chi connectivity index (χ1n) is 7.37. The maximum Gasteiger partial charge on any atom is 0.309 e. The zero-order chi connectivity index (χ0) is 16.1. The van der Waals surface area contributed by atoms with E-state index in [1.165, 1.54) is 13.2 Å². The van der Waals surface area contributed by atoms with Gasteiger partial charge in [-0.3, -0.25) is 19.7 Å². The number of methoxy groups -OCH3 is 1. The average Bonchev–Trinajstić information content (AvgIpc) is 2.69. The summed E-state index contributed by atoms with van der Waals surface area (Å²) in [6.07, 6.45) is 2.75. The Morgan fingerprint density at radius 3 is 2.77 bits per heavy atom. The second-order valence-corrected chi connectivity index (χ2v) is 5.54. The van der Waals surface area contributed by atoms with Crippen molar-refractivity contribution in [3.8, 4) is 0 Å². The third kappa shape index (κ3) is 3.50. The highest BCUT2D eigenvalue weighted by Crippen LogP contribution is 2.32. The van der Waals surface area contributed by atoms with Gasteiger partial charge in [0.15, 0.2) is 0 Å². The van der Waals surface area contributed by atoms with Gasteiger partial charge in [-0.2, -0.15) is 0 Å². The van der Waals surface area contributed by atoms with Gasteiger partial charge in [-0.25, -0.2) is 0 Å². The van der Waals surface area contributed by atoms with Crippen molar-refractivity contribution in [2.45, 2.75) is 32.1 Å². The summed E-state index contributed by atoms with van der Waals surface area (Å²) in [7, 11) is 1.31. The zero-order valence-electron chi connectivity index (χ0n) is 12.5. The van der Waals surface area contributed by atoms with E-state index in [9.17, 15) is 19.7 Å². The van der Waals surface area contributed by atoms with Gasteiger partial charge in [0.25, 0.3) is 5.69 Å². The lowest BCUT2D eigenvalue weighted by molar-refractivity contribution is -0.385. The zero-order valence-corrected chi connectivity index (χ0v) is 12.5. The number of nitro benzene ring substituents is 1. The molecule has 0 amide bonds. The smallest absolute Gasteiger partial charge is 0.309 e. The van der Waals surface area contributed by atoms with Gasteiger partial charge >= 0.3 is 5.97 Å². The van der Waals surface area contributed by atoms with Crippen molar-refractivity contribution in [1.82, 2.24) is 0 Å². The van der Waals surface area contributed by atoms with E-state index in [1.807, 2.05) is 0 Å². The van der Waals surface area contributed by atoms with Crippen molar-refractivity contribution >= 4 is 17.4 Å². The monoisotopic (exact) mass is 305 g/mol. The summed E-state index contributed by atoms with van der Waals surface area (Å²) in [5.74, 6) is -1.47. The van der Waals surface area contributed by atoms with Crippen LogP contribution >= 0.6 is 0 Å². The standard InChI is InChI=1S/C16H19NO5/c1-22-16(19)12-7-3-5-9-15(18)13(12)10-11-6-2-4-8-14(11)17(20)21/h2,4,6,8,12-13H,3,5,7,9-10H2,1H3. The molecule has 0 saturated heterocycles. The fraction of sp³-hybridized carbons (Fsp3) is 0.500. The first-order chi connectivity index (χ1) is 10.5. The van der Waals surface area contributed by atoms with E-state index in [4.69, 9.17) is 4.74 Å². The normalized spacial score (nSPS) is 22.0. The molecule has 1 aromatic rings. The molecular formula is C16H19NO5. The van der Waals surface area contributed by atoms with E-state index < -0.39 is 22.7 Å². The summed E-state index contributed by atoms with van der Waals surface area (Å²) in [5.41, 5.74) is 0.477. The van der Waals surface area contributed by atoms with Crippen molar-refractivity contribution in [3.63, 3.8) is 0 Å². The minimum absolute atomic E-state index is 0.00829. The highest BCUT2D eigenvalue weighted by atomic mass is 16.6. The van der Waals surface area contributed by atoms with Crippen LogP contribution in [0.5, 0.6) is 0 Å². The molecule has 2 unspecified atom stereocenters. The summed E-state index contributed by atoms with van der Waals surface area (Å²) in [5, 5.41) is 11.1. The Kier molecular flexibility index (Phi) is 5.25. The number of esters is 1. The molecule has 118 valence electrons. The molecule has 0 heterocycles. The molecule has 1 saturated carbocycles. The lowest BCUT2D eigenvalue weighted by atomic mass is 9.82. The minimum atomic E-state index is -0.545. The van der Waals surface area contributed by atoms with Crippen LogP contribution in [0.15, 0.2) is 24.3 Å². The Morgan fingerprint density at radius 2 is 2.09 bits per heavy atom. The third-order valence-electron chi connectivity index (χ3n) is 4.22. The van der Waals surface area contributed by atoms with Crippen molar-refractivity contribution in [3.05, 3.63) is 39.9 Å². The predicted molar refractivity (Wildman–Crippen MR) is 79.3 cm³/mol. The maximum atomic E-state index is 12.4. The molecule has 6 heteroatoms. The predicted octanol–water partition coefficient (Wildman–Crippen LogP) is 2.69. The Labute approximate surface area is 128 Å².